The van der Waals surface area contributed by atoms with Gasteiger partial charge in [-0.25, -0.2) is 9.37 Å². The SMILES string of the molecule is NCCn1ccnc1-c1c(F)cccc1Cl. The minimum atomic E-state index is -0.378. The number of imidazole rings is 1. The Labute approximate surface area is 97.7 Å². The lowest BCUT2D eigenvalue weighted by Crippen LogP contribution is -2.10. The standard InChI is InChI=1S/C11H11ClFN3/c12-8-2-1-3-9(13)10(8)11-15-5-7-16(11)6-4-14/h1-3,5,7H,4,6,14H2. The van der Waals surface area contributed by atoms with Crippen LogP contribution in [0.1, 0.15) is 0 Å². The molecule has 16 heavy (non-hydrogen) atoms. The van der Waals surface area contributed by atoms with E-state index in [0.717, 1.165) is 0 Å². The Morgan fingerprint density at radius 1 is 1.44 bits per heavy atom. The molecule has 0 aliphatic rings. The van der Waals surface area contributed by atoms with E-state index in [1.807, 2.05) is 0 Å². The molecule has 2 N–H and O–H groups in total. The van der Waals surface area contributed by atoms with Crippen molar-refractivity contribution in [1.29, 1.82) is 0 Å². The van der Waals surface area contributed by atoms with Gasteiger partial charge in [-0.15, -0.1) is 0 Å². The molecule has 0 saturated carbocycles. The van der Waals surface area contributed by atoms with Crippen LogP contribution in [-0.2, 0) is 6.54 Å². The van der Waals surface area contributed by atoms with E-state index in [0.29, 0.717) is 29.5 Å². The lowest BCUT2D eigenvalue weighted by molar-refractivity contribution is 0.626. The second kappa shape index (κ2) is 4.63. The van der Waals surface area contributed by atoms with Crippen molar-refractivity contribution in [3.8, 4) is 11.4 Å². The first kappa shape index (κ1) is 11.1. The lowest BCUT2D eigenvalue weighted by atomic mass is 10.2. The highest BCUT2D eigenvalue weighted by atomic mass is 35.5. The molecule has 0 unspecified atom stereocenters. The van der Waals surface area contributed by atoms with Crippen molar-refractivity contribution in [3.63, 3.8) is 0 Å². The summed E-state index contributed by atoms with van der Waals surface area (Å²) in [5.41, 5.74) is 5.79. The van der Waals surface area contributed by atoms with Crippen LogP contribution in [-0.4, -0.2) is 16.1 Å². The maximum absolute atomic E-state index is 13.7. The average molecular weight is 240 g/mol. The fraction of sp³-hybridized carbons (Fsp3) is 0.182. The summed E-state index contributed by atoms with van der Waals surface area (Å²) in [7, 11) is 0. The minimum Gasteiger partial charge on any atom is -0.330 e. The fourth-order valence-corrected chi connectivity index (χ4v) is 1.82. The van der Waals surface area contributed by atoms with Gasteiger partial charge in [-0.2, -0.15) is 0 Å². The Bertz CT molecular complexity index is 475. The number of aromatic nitrogens is 2. The highest BCUT2D eigenvalue weighted by Gasteiger charge is 2.14. The monoisotopic (exact) mass is 239 g/mol. The van der Waals surface area contributed by atoms with Gasteiger partial charge in [0.05, 0.1) is 10.6 Å². The number of hydrogen-bond acceptors (Lipinski definition) is 2. The van der Waals surface area contributed by atoms with Crippen LogP contribution in [0.5, 0.6) is 0 Å². The zero-order valence-electron chi connectivity index (χ0n) is 8.53. The van der Waals surface area contributed by atoms with E-state index < -0.39 is 0 Å². The number of hydrogen-bond donors (Lipinski definition) is 1. The van der Waals surface area contributed by atoms with Crippen LogP contribution in [0.4, 0.5) is 4.39 Å². The van der Waals surface area contributed by atoms with Crippen molar-refractivity contribution < 1.29 is 4.39 Å². The largest absolute Gasteiger partial charge is 0.330 e. The topological polar surface area (TPSA) is 43.8 Å². The molecule has 0 aliphatic heterocycles. The van der Waals surface area contributed by atoms with Crippen molar-refractivity contribution in [2.45, 2.75) is 6.54 Å². The molecule has 0 radical (unpaired) electrons. The predicted octanol–water partition coefficient (Wildman–Crippen LogP) is 2.30. The third-order valence-corrected chi connectivity index (χ3v) is 2.59. The van der Waals surface area contributed by atoms with Gasteiger partial charge in [0.2, 0.25) is 0 Å². The fourth-order valence-electron chi connectivity index (χ4n) is 1.57. The van der Waals surface area contributed by atoms with E-state index in [9.17, 15) is 4.39 Å². The summed E-state index contributed by atoms with van der Waals surface area (Å²) in [6.45, 7) is 1.05. The van der Waals surface area contributed by atoms with Gasteiger partial charge < -0.3 is 10.3 Å². The molecule has 0 amide bonds. The minimum absolute atomic E-state index is 0.322. The van der Waals surface area contributed by atoms with E-state index in [1.165, 1.54) is 6.07 Å². The molecule has 84 valence electrons. The molecule has 0 saturated heterocycles. The number of nitrogens with two attached hydrogens (primary N) is 1. The van der Waals surface area contributed by atoms with Crippen molar-refractivity contribution >= 4 is 11.6 Å². The maximum Gasteiger partial charge on any atom is 0.144 e. The Morgan fingerprint density at radius 3 is 2.94 bits per heavy atom. The third-order valence-electron chi connectivity index (χ3n) is 2.27. The number of benzene rings is 1. The Balaban J connectivity index is 2.54. The first-order chi connectivity index (χ1) is 7.74. The van der Waals surface area contributed by atoms with Crippen molar-refractivity contribution in [2.75, 3.05) is 6.54 Å². The number of nitrogens with zero attached hydrogens (tertiary/aromatic N) is 2. The summed E-state index contributed by atoms with van der Waals surface area (Å²) < 4.78 is 15.4. The van der Waals surface area contributed by atoms with Crippen LogP contribution in [0.2, 0.25) is 5.02 Å². The summed E-state index contributed by atoms with van der Waals surface area (Å²) in [4.78, 5) is 4.11. The normalized spacial score (nSPS) is 10.7. The van der Waals surface area contributed by atoms with Gasteiger partial charge >= 0.3 is 0 Å². The van der Waals surface area contributed by atoms with Crippen LogP contribution in [0.3, 0.4) is 0 Å². The molecule has 1 aromatic heterocycles. The zero-order valence-corrected chi connectivity index (χ0v) is 9.28. The van der Waals surface area contributed by atoms with E-state index in [-0.39, 0.29) is 5.82 Å². The molecule has 0 fully saturated rings. The summed E-state index contributed by atoms with van der Waals surface area (Å²) >= 11 is 5.97. The summed E-state index contributed by atoms with van der Waals surface area (Å²) in [6, 6.07) is 4.57. The van der Waals surface area contributed by atoms with Gasteiger partial charge in [0.1, 0.15) is 11.6 Å². The first-order valence-corrected chi connectivity index (χ1v) is 5.27. The molecule has 3 nitrogen and oxygen atoms in total. The van der Waals surface area contributed by atoms with Crippen molar-refractivity contribution in [2.24, 2.45) is 5.73 Å². The molecular weight excluding hydrogens is 229 g/mol. The smallest absolute Gasteiger partial charge is 0.144 e. The van der Waals surface area contributed by atoms with Gasteiger partial charge in [0, 0.05) is 25.5 Å². The van der Waals surface area contributed by atoms with Gasteiger partial charge in [-0.1, -0.05) is 17.7 Å². The van der Waals surface area contributed by atoms with E-state index in [1.54, 1.807) is 29.1 Å². The Hall–Kier alpha value is -1.39. The molecule has 2 rings (SSSR count). The van der Waals surface area contributed by atoms with E-state index >= 15 is 0 Å². The summed E-state index contributed by atoms with van der Waals surface area (Å²) in [5.74, 6) is 0.130. The Morgan fingerprint density at radius 2 is 2.25 bits per heavy atom. The average Bonchev–Trinajstić information content (AvgIpc) is 2.67. The highest BCUT2D eigenvalue weighted by molar-refractivity contribution is 6.33. The predicted molar refractivity (Wildman–Crippen MR) is 61.7 cm³/mol. The van der Waals surface area contributed by atoms with Gasteiger partial charge in [0.25, 0.3) is 0 Å². The van der Waals surface area contributed by atoms with Crippen LogP contribution >= 0.6 is 11.6 Å². The molecule has 5 heteroatoms. The van der Waals surface area contributed by atoms with Gasteiger partial charge in [0.15, 0.2) is 0 Å². The molecule has 0 spiro atoms. The molecule has 1 heterocycles. The molecule has 0 aliphatic carbocycles. The van der Waals surface area contributed by atoms with Crippen molar-refractivity contribution in [1.82, 2.24) is 9.55 Å². The van der Waals surface area contributed by atoms with E-state index in [2.05, 4.69) is 4.98 Å². The quantitative estimate of drug-likeness (QED) is 0.893. The molecule has 0 bridgehead atoms. The highest BCUT2D eigenvalue weighted by Crippen LogP contribution is 2.29. The molecular formula is C11H11ClFN3. The second-order valence-electron chi connectivity index (χ2n) is 3.33. The molecule has 2 aromatic rings. The second-order valence-corrected chi connectivity index (χ2v) is 3.74. The lowest BCUT2D eigenvalue weighted by Gasteiger charge is -2.08. The number of rotatable bonds is 3. The zero-order chi connectivity index (χ0) is 11.5. The maximum atomic E-state index is 13.7. The van der Waals surface area contributed by atoms with Crippen LogP contribution in [0.25, 0.3) is 11.4 Å². The van der Waals surface area contributed by atoms with Crippen LogP contribution in [0, 0.1) is 5.82 Å². The number of halogens is 2. The Kier molecular flexibility index (Phi) is 3.22. The van der Waals surface area contributed by atoms with Crippen LogP contribution in [0.15, 0.2) is 30.6 Å². The summed E-state index contributed by atoms with van der Waals surface area (Å²) in [6.07, 6.45) is 3.36. The summed E-state index contributed by atoms with van der Waals surface area (Å²) in [5, 5.41) is 0.351. The van der Waals surface area contributed by atoms with Crippen LogP contribution < -0.4 is 5.73 Å². The molecule has 1 aromatic carbocycles. The van der Waals surface area contributed by atoms with Gasteiger partial charge in [-0.3, -0.25) is 0 Å². The first-order valence-electron chi connectivity index (χ1n) is 4.89. The van der Waals surface area contributed by atoms with E-state index in [4.69, 9.17) is 17.3 Å². The van der Waals surface area contributed by atoms with Crippen molar-refractivity contribution in [3.05, 3.63) is 41.4 Å². The van der Waals surface area contributed by atoms with Gasteiger partial charge in [-0.05, 0) is 12.1 Å². The molecule has 0 atom stereocenters. The third kappa shape index (κ3) is 1.94.